The van der Waals surface area contributed by atoms with Crippen LogP contribution in [-0.2, 0) is 11.2 Å². The number of ketones is 1. The van der Waals surface area contributed by atoms with E-state index in [2.05, 4.69) is 20.8 Å². The molecular weight excluding hydrogens is 312 g/mol. The molecule has 25 heavy (non-hydrogen) atoms. The highest BCUT2D eigenvalue weighted by atomic mass is 16.1. The van der Waals surface area contributed by atoms with Crippen molar-refractivity contribution in [1.29, 1.82) is 0 Å². The van der Waals surface area contributed by atoms with Crippen molar-refractivity contribution in [2.75, 3.05) is 13.1 Å². The maximum Gasteiger partial charge on any atom is 0.154 e. The van der Waals surface area contributed by atoms with Gasteiger partial charge < -0.3 is 5.32 Å². The minimum atomic E-state index is 0.0552. The summed E-state index contributed by atoms with van der Waals surface area (Å²) in [5, 5.41) is 15.0. The molecule has 0 bridgehead atoms. The van der Waals surface area contributed by atoms with Crippen LogP contribution in [0.1, 0.15) is 49.7 Å². The fourth-order valence-electron chi connectivity index (χ4n) is 4.64. The van der Waals surface area contributed by atoms with Crippen LogP contribution >= 0.6 is 0 Å². The predicted molar refractivity (Wildman–Crippen MR) is 97.9 cm³/mol. The van der Waals surface area contributed by atoms with E-state index in [0.29, 0.717) is 24.7 Å². The molecule has 0 amide bonds. The molecule has 2 heterocycles. The van der Waals surface area contributed by atoms with E-state index in [1.54, 1.807) is 0 Å². The van der Waals surface area contributed by atoms with E-state index in [4.69, 9.17) is 0 Å². The third-order valence-electron chi connectivity index (χ3n) is 5.99. The van der Waals surface area contributed by atoms with Crippen molar-refractivity contribution >= 4 is 11.5 Å². The minimum absolute atomic E-state index is 0.0552. The van der Waals surface area contributed by atoms with Gasteiger partial charge in [0.25, 0.3) is 0 Å². The third kappa shape index (κ3) is 3.71. The molecule has 0 spiro atoms. The van der Waals surface area contributed by atoms with Crippen molar-refractivity contribution in [2.24, 2.45) is 27.3 Å². The van der Waals surface area contributed by atoms with Crippen LogP contribution in [0.5, 0.6) is 0 Å². The lowest BCUT2D eigenvalue weighted by Crippen LogP contribution is -2.40. The largest absolute Gasteiger partial charge is 0.307 e. The first kappa shape index (κ1) is 16.6. The highest BCUT2D eigenvalue weighted by molar-refractivity contribution is 6.02. The van der Waals surface area contributed by atoms with Crippen LogP contribution in [0.15, 0.2) is 39.7 Å². The molecule has 1 saturated carbocycles. The summed E-state index contributed by atoms with van der Waals surface area (Å²) in [5.41, 5.74) is 3.02. The van der Waals surface area contributed by atoms with Gasteiger partial charge in [-0.2, -0.15) is 5.11 Å². The third-order valence-corrected chi connectivity index (χ3v) is 5.99. The number of Topliss-reactive ketones (excluding diaryl/α,β-unsaturated/α-hetero) is 1. The summed E-state index contributed by atoms with van der Waals surface area (Å²) in [4.78, 5) is 12.9. The Balaban J connectivity index is 1.39. The molecule has 5 nitrogen and oxygen atoms in total. The molecule has 1 aromatic rings. The van der Waals surface area contributed by atoms with Crippen molar-refractivity contribution < 1.29 is 4.79 Å². The van der Waals surface area contributed by atoms with E-state index in [1.807, 2.05) is 24.3 Å². The van der Waals surface area contributed by atoms with Crippen LogP contribution in [0.3, 0.4) is 0 Å². The van der Waals surface area contributed by atoms with Crippen LogP contribution in [0, 0.1) is 11.8 Å². The lowest BCUT2D eigenvalue weighted by atomic mass is 9.75. The highest BCUT2D eigenvalue weighted by Gasteiger charge is 2.37. The first-order chi connectivity index (χ1) is 12.3. The lowest BCUT2D eigenvalue weighted by Gasteiger charge is -2.30. The van der Waals surface area contributed by atoms with E-state index < -0.39 is 0 Å². The van der Waals surface area contributed by atoms with Gasteiger partial charge in [-0.3, -0.25) is 4.79 Å². The van der Waals surface area contributed by atoms with Gasteiger partial charge in [0.1, 0.15) is 6.54 Å². The number of nitrogens with one attached hydrogen (secondary N) is 1. The van der Waals surface area contributed by atoms with Gasteiger partial charge in [0, 0.05) is 6.42 Å². The first-order valence-corrected chi connectivity index (χ1v) is 9.60. The van der Waals surface area contributed by atoms with Gasteiger partial charge in [0.2, 0.25) is 0 Å². The van der Waals surface area contributed by atoms with Crippen LogP contribution in [0.4, 0.5) is 0 Å². The highest BCUT2D eigenvalue weighted by Crippen LogP contribution is 2.36. The van der Waals surface area contributed by atoms with Gasteiger partial charge in [-0.1, -0.05) is 56.4 Å². The Kier molecular flexibility index (Phi) is 5.02. The molecule has 2 aliphatic heterocycles. The molecule has 1 saturated heterocycles. The summed E-state index contributed by atoms with van der Waals surface area (Å²) >= 11 is 0. The van der Waals surface area contributed by atoms with Crippen molar-refractivity contribution in [2.45, 2.75) is 51.0 Å². The summed E-state index contributed by atoms with van der Waals surface area (Å²) in [7, 11) is 0. The molecule has 1 N–H and O–H groups in total. The predicted octanol–water partition coefficient (Wildman–Crippen LogP) is 3.53. The molecule has 5 heteroatoms. The molecule has 0 aromatic heterocycles. The normalized spacial score (nSPS) is 26.8. The number of rotatable bonds is 5. The molecule has 4 rings (SSSR count). The molecule has 132 valence electrons. The number of hydrogen-bond donors (Lipinski definition) is 1. The molecule has 1 aromatic carbocycles. The summed E-state index contributed by atoms with van der Waals surface area (Å²) in [6.45, 7) is 1.54. The molecule has 0 radical (unpaired) electrons. The summed E-state index contributed by atoms with van der Waals surface area (Å²) in [6, 6.07) is 8.19. The maximum atomic E-state index is 12.9. The second-order valence-electron chi connectivity index (χ2n) is 7.56. The Morgan fingerprint density at radius 1 is 1.08 bits per heavy atom. The monoisotopic (exact) mass is 338 g/mol. The minimum Gasteiger partial charge on any atom is -0.307 e. The van der Waals surface area contributed by atoms with Gasteiger partial charge in [0.05, 0.1) is 11.8 Å². The van der Waals surface area contributed by atoms with Crippen molar-refractivity contribution in [3.05, 3.63) is 35.4 Å². The number of hydrogen-bond acceptors (Lipinski definition) is 5. The summed E-state index contributed by atoms with van der Waals surface area (Å²) in [5.74, 6) is 1.64. The van der Waals surface area contributed by atoms with E-state index in [1.165, 1.54) is 32.1 Å². The Morgan fingerprint density at radius 2 is 1.88 bits per heavy atom. The fraction of sp³-hybridized carbons (Fsp3) is 0.600. The van der Waals surface area contributed by atoms with E-state index in [9.17, 15) is 4.79 Å². The zero-order valence-corrected chi connectivity index (χ0v) is 14.7. The second kappa shape index (κ2) is 7.56. The molecule has 3 aliphatic rings. The molecular formula is C20H26N4O. The standard InChI is InChI=1S/C20H26N4O/c25-19(20-17(10-11-21-20)15-4-2-1-3-5-15)12-14-6-8-16(9-7-14)18-13-22-24-23-18/h6-9,15,17,20-21H,1-5,10-13H2/t17-,20-/m0/s1. The van der Waals surface area contributed by atoms with Crippen molar-refractivity contribution in [1.82, 2.24) is 5.32 Å². The SMILES string of the molecule is O=C(Cc1ccc(C2=NN=NC2)cc1)[C@H]1NCC[C@H]1C1CCCCC1. The Bertz CT molecular complexity index is 673. The zero-order chi connectivity index (χ0) is 17.1. The fourth-order valence-corrected chi connectivity index (χ4v) is 4.64. The van der Waals surface area contributed by atoms with Gasteiger partial charge in [0.15, 0.2) is 5.78 Å². The first-order valence-electron chi connectivity index (χ1n) is 9.60. The smallest absolute Gasteiger partial charge is 0.154 e. The van der Waals surface area contributed by atoms with Crippen molar-refractivity contribution in [3.63, 3.8) is 0 Å². The van der Waals surface area contributed by atoms with Crippen LogP contribution in [0.25, 0.3) is 0 Å². The summed E-state index contributed by atoms with van der Waals surface area (Å²) in [6.07, 6.45) is 8.34. The van der Waals surface area contributed by atoms with Crippen LogP contribution in [0.2, 0.25) is 0 Å². The van der Waals surface area contributed by atoms with E-state index in [-0.39, 0.29) is 6.04 Å². The van der Waals surface area contributed by atoms with E-state index >= 15 is 0 Å². The molecule has 2 atom stereocenters. The van der Waals surface area contributed by atoms with Crippen LogP contribution < -0.4 is 5.32 Å². The van der Waals surface area contributed by atoms with Gasteiger partial charge in [-0.15, -0.1) is 5.10 Å². The number of nitrogens with zero attached hydrogens (tertiary/aromatic N) is 3. The average Bonchev–Trinajstić information content (AvgIpc) is 3.35. The second-order valence-corrected chi connectivity index (χ2v) is 7.56. The number of benzene rings is 1. The summed E-state index contributed by atoms with van der Waals surface area (Å²) < 4.78 is 0. The van der Waals surface area contributed by atoms with Crippen LogP contribution in [-0.4, -0.2) is 30.6 Å². The maximum absolute atomic E-state index is 12.9. The Labute approximate surface area is 149 Å². The topological polar surface area (TPSA) is 66.2 Å². The Morgan fingerprint density at radius 3 is 2.60 bits per heavy atom. The molecule has 0 unspecified atom stereocenters. The lowest BCUT2D eigenvalue weighted by molar-refractivity contribution is -0.121. The van der Waals surface area contributed by atoms with Gasteiger partial charge in [-0.05, 0) is 41.2 Å². The molecule has 2 fully saturated rings. The zero-order valence-electron chi connectivity index (χ0n) is 14.7. The average molecular weight is 338 g/mol. The molecule has 1 aliphatic carbocycles. The van der Waals surface area contributed by atoms with E-state index in [0.717, 1.165) is 35.7 Å². The van der Waals surface area contributed by atoms with Gasteiger partial charge in [-0.25, -0.2) is 0 Å². The van der Waals surface area contributed by atoms with Crippen molar-refractivity contribution in [3.8, 4) is 0 Å². The quantitative estimate of drug-likeness (QED) is 0.892. The Hall–Kier alpha value is -1.88. The number of carbonyl (C=O) groups excluding carboxylic acids is 1. The number of carbonyl (C=O) groups is 1. The van der Waals surface area contributed by atoms with Gasteiger partial charge >= 0.3 is 0 Å².